The van der Waals surface area contributed by atoms with Gasteiger partial charge in [-0.2, -0.15) is 13.2 Å². The summed E-state index contributed by atoms with van der Waals surface area (Å²) in [4.78, 5) is 2.60. The highest BCUT2D eigenvalue weighted by Gasteiger charge is 2.32. The molecule has 41 heavy (non-hydrogen) atoms. The lowest BCUT2D eigenvalue weighted by Crippen LogP contribution is -2.46. The Kier molecular flexibility index (Phi) is 8.41. The van der Waals surface area contributed by atoms with Gasteiger partial charge in [0.25, 0.3) is 0 Å². The maximum Gasteiger partial charge on any atom is 0.393 e. The molecule has 5 rings (SSSR count). The average molecular weight is 609 g/mol. The standard InChI is InChI=1S/C29H32F4N4O2S2/c1-37-14-12-23(22(30)17-37)36-25-6-3-5-20-21(16-29(31,32)33)27(40-28(20)25)7-4-13-35-24-11-10-19(41(2,34)38)15-26(24)39-18-8-9-18/h3,5-6,10-11,15,18,22-23,34-36H,8-9,12-14,16-17H2,1-2H3/t22-,23+,41?/m1/s1. The van der Waals surface area contributed by atoms with Crippen LogP contribution in [0.3, 0.4) is 0 Å². The Morgan fingerprint density at radius 1 is 1.20 bits per heavy atom. The number of rotatable bonds is 8. The third kappa shape index (κ3) is 7.45. The first-order chi connectivity index (χ1) is 19.4. The van der Waals surface area contributed by atoms with Gasteiger partial charge in [0.1, 0.15) is 11.9 Å². The number of hydrogen-bond acceptors (Lipinski definition) is 7. The van der Waals surface area contributed by atoms with Gasteiger partial charge in [-0.25, -0.2) is 13.4 Å². The molecule has 12 heteroatoms. The summed E-state index contributed by atoms with van der Waals surface area (Å²) in [6, 6.07) is 9.57. The van der Waals surface area contributed by atoms with E-state index >= 15 is 0 Å². The second-order valence-corrected chi connectivity index (χ2v) is 13.9. The number of fused-ring (bicyclic) bond motifs is 1. The second kappa shape index (κ2) is 11.7. The van der Waals surface area contributed by atoms with Crippen molar-refractivity contribution in [3.05, 3.63) is 46.8 Å². The third-order valence-corrected chi connectivity index (χ3v) is 9.42. The maximum absolute atomic E-state index is 14.7. The molecule has 2 fully saturated rings. The van der Waals surface area contributed by atoms with E-state index in [2.05, 4.69) is 22.5 Å². The Balaban J connectivity index is 1.40. The number of hydrogen-bond donors (Lipinski definition) is 3. The molecule has 1 aliphatic carbocycles. The Bertz CT molecular complexity index is 1590. The first-order valence-electron chi connectivity index (χ1n) is 13.3. The summed E-state index contributed by atoms with van der Waals surface area (Å²) in [5.41, 5.74) is 1.34. The number of likely N-dealkylation sites (tertiary alicyclic amines) is 1. The van der Waals surface area contributed by atoms with Crippen LogP contribution in [-0.4, -0.2) is 66.5 Å². The molecule has 2 heterocycles. The quantitative estimate of drug-likeness (QED) is 0.201. The predicted molar refractivity (Wildman–Crippen MR) is 157 cm³/mol. The van der Waals surface area contributed by atoms with Crippen LogP contribution in [0.2, 0.25) is 0 Å². The molecule has 0 amide bonds. The lowest BCUT2D eigenvalue weighted by Gasteiger charge is -2.33. The van der Waals surface area contributed by atoms with Crippen LogP contribution in [0.15, 0.2) is 41.3 Å². The Morgan fingerprint density at radius 3 is 2.66 bits per heavy atom. The molecular formula is C29H32F4N4O2S2. The maximum atomic E-state index is 14.7. The number of nitrogens with zero attached hydrogens (tertiary/aromatic N) is 1. The fourth-order valence-electron chi connectivity index (χ4n) is 4.80. The van der Waals surface area contributed by atoms with Crippen molar-refractivity contribution in [1.29, 1.82) is 4.78 Å². The van der Waals surface area contributed by atoms with Gasteiger partial charge in [-0.3, -0.25) is 0 Å². The van der Waals surface area contributed by atoms with Crippen LogP contribution >= 0.6 is 11.3 Å². The molecule has 1 saturated carbocycles. The molecule has 2 aromatic carbocycles. The predicted octanol–water partition coefficient (Wildman–Crippen LogP) is 6.50. The van der Waals surface area contributed by atoms with Crippen LogP contribution in [0.1, 0.15) is 29.7 Å². The first-order valence-corrected chi connectivity index (χ1v) is 16.1. The van der Waals surface area contributed by atoms with Gasteiger partial charge in [0.15, 0.2) is 0 Å². The number of ether oxygens (including phenoxy) is 1. The molecule has 3 N–H and O–H groups in total. The van der Waals surface area contributed by atoms with Crippen molar-refractivity contribution in [2.75, 3.05) is 43.6 Å². The van der Waals surface area contributed by atoms with Crippen molar-refractivity contribution < 1.29 is 26.5 Å². The lowest BCUT2D eigenvalue weighted by molar-refractivity contribution is -0.126. The minimum absolute atomic E-state index is 0.0731. The summed E-state index contributed by atoms with van der Waals surface area (Å²) in [5.74, 6) is 6.34. The van der Waals surface area contributed by atoms with Crippen LogP contribution in [0.25, 0.3) is 10.1 Å². The van der Waals surface area contributed by atoms with Crippen LogP contribution in [0.4, 0.5) is 28.9 Å². The van der Waals surface area contributed by atoms with Crippen LogP contribution < -0.4 is 15.4 Å². The van der Waals surface area contributed by atoms with Crippen molar-refractivity contribution in [2.45, 2.75) is 55.1 Å². The smallest absolute Gasteiger partial charge is 0.393 e. The summed E-state index contributed by atoms with van der Waals surface area (Å²) in [7, 11) is -1.06. The van der Waals surface area contributed by atoms with Crippen LogP contribution in [0.5, 0.6) is 5.75 Å². The van der Waals surface area contributed by atoms with E-state index in [9.17, 15) is 21.8 Å². The lowest BCUT2D eigenvalue weighted by atomic mass is 10.0. The van der Waals surface area contributed by atoms with Gasteiger partial charge >= 0.3 is 6.18 Å². The van der Waals surface area contributed by atoms with E-state index in [1.807, 2.05) is 11.9 Å². The fourth-order valence-corrected chi connectivity index (χ4v) is 6.63. The van der Waals surface area contributed by atoms with Crippen LogP contribution in [-0.2, 0) is 16.1 Å². The number of thiophene rings is 1. The van der Waals surface area contributed by atoms with Gasteiger partial charge < -0.3 is 20.3 Å². The van der Waals surface area contributed by atoms with Crippen molar-refractivity contribution in [3.63, 3.8) is 0 Å². The third-order valence-electron chi connectivity index (χ3n) is 7.07. The highest BCUT2D eigenvalue weighted by Crippen LogP contribution is 2.40. The highest BCUT2D eigenvalue weighted by atomic mass is 32.2. The van der Waals surface area contributed by atoms with Gasteiger partial charge in [-0.05, 0) is 61.5 Å². The van der Waals surface area contributed by atoms with Crippen molar-refractivity contribution in [1.82, 2.24) is 4.90 Å². The number of nitrogens with one attached hydrogen (secondary N) is 3. The van der Waals surface area contributed by atoms with E-state index in [1.54, 1.807) is 36.4 Å². The summed E-state index contributed by atoms with van der Waals surface area (Å²) < 4.78 is 82.1. The number of alkyl halides is 4. The van der Waals surface area contributed by atoms with Gasteiger partial charge in [0, 0.05) is 19.3 Å². The number of anilines is 2. The largest absolute Gasteiger partial charge is 0.488 e. The molecule has 1 aliphatic heterocycles. The summed E-state index contributed by atoms with van der Waals surface area (Å²) in [5, 5.41) is 6.85. The molecular weight excluding hydrogens is 576 g/mol. The Morgan fingerprint density at radius 2 is 1.98 bits per heavy atom. The Labute approximate surface area is 241 Å². The summed E-state index contributed by atoms with van der Waals surface area (Å²) in [6.07, 6.45) is -2.77. The molecule has 6 nitrogen and oxygen atoms in total. The minimum atomic E-state index is -4.42. The summed E-state index contributed by atoms with van der Waals surface area (Å²) in [6.45, 7) is 1.17. The first kappa shape index (κ1) is 29.5. The SMILES string of the molecule is CN1CC[C@H](Nc2cccc3c(CC(F)(F)F)c(C#CCNc4ccc(S(C)(=N)=O)cc4OC4CC4)sc23)[C@H](F)C1. The molecule has 220 valence electrons. The van der Waals surface area contributed by atoms with E-state index in [4.69, 9.17) is 9.52 Å². The molecule has 0 spiro atoms. The van der Waals surface area contributed by atoms with Crippen molar-refractivity contribution in [3.8, 4) is 17.6 Å². The molecule has 3 atom stereocenters. The topological polar surface area (TPSA) is 77.5 Å². The fraction of sp³-hybridized carbons (Fsp3) is 0.448. The molecule has 1 unspecified atom stereocenters. The van der Waals surface area contributed by atoms with Crippen LogP contribution in [0, 0.1) is 16.6 Å². The molecule has 0 bridgehead atoms. The second-order valence-electron chi connectivity index (χ2n) is 10.7. The molecule has 2 aliphatic rings. The van der Waals surface area contributed by atoms with E-state index in [1.165, 1.54) is 17.6 Å². The monoisotopic (exact) mass is 608 g/mol. The summed E-state index contributed by atoms with van der Waals surface area (Å²) >= 11 is 1.18. The molecule has 1 saturated heterocycles. The molecule has 3 aromatic rings. The zero-order valence-corrected chi connectivity index (χ0v) is 24.4. The minimum Gasteiger partial charge on any atom is -0.488 e. The van der Waals surface area contributed by atoms with E-state index in [0.29, 0.717) is 49.9 Å². The van der Waals surface area contributed by atoms with E-state index in [-0.39, 0.29) is 18.2 Å². The molecule has 1 aromatic heterocycles. The zero-order valence-electron chi connectivity index (χ0n) is 22.7. The van der Waals surface area contributed by atoms with Gasteiger partial charge in [0.2, 0.25) is 0 Å². The normalized spacial score (nSPS) is 21.1. The Hall–Kier alpha value is -3.01. The number of piperidine rings is 1. The molecule has 0 radical (unpaired) electrons. The van der Waals surface area contributed by atoms with E-state index < -0.39 is 34.5 Å². The average Bonchev–Trinajstić information content (AvgIpc) is 3.64. The van der Waals surface area contributed by atoms with Gasteiger partial charge in [-0.15, -0.1) is 11.3 Å². The zero-order chi connectivity index (χ0) is 29.4. The van der Waals surface area contributed by atoms with Crippen molar-refractivity contribution >= 4 is 42.5 Å². The van der Waals surface area contributed by atoms with Crippen molar-refractivity contribution in [2.24, 2.45) is 0 Å². The van der Waals surface area contributed by atoms with Gasteiger partial charge in [-0.1, -0.05) is 24.0 Å². The highest BCUT2D eigenvalue weighted by molar-refractivity contribution is 7.91. The number of benzene rings is 2. The van der Waals surface area contributed by atoms with E-state index in [0.717, 1.165) is 19.4 Å². The number of halogens is 4. The van der Waals surface area contributed by atoms with Gasteiger partial charge in [0.05, 0.1) is 60.7 Å².